The van der Waals surface area contributed by atoms with Crippen molar-refractivity contribution in [3.8, 4) is 0 Å². The Morgan fingerprint density at radius 2 is 1.00 bits per heavy atom. The first-order valence-corrected chi connectivity index (χ1v) is 24.2. The summed E-state index contributed by atoms with van der Waals surface area (Å²) in [6, 6.07) is 0. The van der Waals surface area contributed by atoms with E-state index in [-0.39, 0.29) is 19.6 Å². The third kappa shape index (κ3) is 26.3. The molecule has 0 amide bonds. The normalized spacial score (nSPS) is 27.3. The van der Waals surface area contributed by atoms with Gasteiger partial charge in [-0.05, 0) is 70.6 Å². The molecule has 2 aliphatic heterocycles. The summed E-state index contributed by atoms with van der Waals surface area (Å²) in [5, 5.41) is 72.0. The number of rotatable bonds is 36. The fourth-order valence-electron chi connectivity index (χ4n) is 6.98. The molecule has 14 nitrogen and oxygen atoms in total. The van der Waals surface area contributed by atoms with Gasteiger partial charge in [-0.2, -0.15) is 0 Å². The zero-order chi connectivity index (χ0) is 47.3. The summed E-state index contributed by atoms with van der Waals surface area (Å²) in [5.41, 5.74) is 0. The van der Waals surface area contributed by atoms with Gasteiger partial charge in [-0.1, -0.05) is 137 Å². The van der Waals surface area contributed by atoms with Crippen LogP contribution in [-0.4, -0.2) is 142 Å². The van der Waals surface area contributed by atoms with Crippen molar-refractivity contribution < 1.29 is 69.0 Å². The van der Waals surface area contributed by atoms with Crippen molar-refractivity contribution in [3.63, 3.8) is 0 Å². The third-order valence-electron chi connectivity index (χ3n) is 10.9. The predicted molar refractivity (Wildman–Crippen MR) is 251 cm³/mol. The number of unbranched alkanes of at least 4 members (excludes halogenated alkanes) is 9. The molecular formula is C51H84O14. The molecular weight excluding hydrogens is 837 g/mol. The third-order valence-corrected chi connectivity index (χ3v) is 10.9. The average molecular weight is 921 g/mol. The summed E-state index contributed by atoms with van der Waals surface area (Å²) in [7, 11) is 0. The van der Waals surface area contributed by atoms with Gasteiger partial charge in [-0.25, -0.2) is 0 Å². The van der Waals surface area contributed by atoms with E-state index in [4.69, 9.17) is 28.4 Å². The largest absolute Gasteiger partial charge is 0.457 e. The predicted octanol–water partition coefficient (Wildman–Crippen LogP) is 6.51. The number of aliphatic hydroxyl groups excluding tert-OH is 7. The van der Waals surface area contributed by atoms with E-state index in [1.54, 1.807) is 6.08 Å². The summed E-state index contributed by atoms with van der Waals surface area (Å²) in [4.78, 5) is 12.9. The molecule has 14 heteroatoms. The van der Waals surface area contributed by atoms with E-state index in [2.05, 4.69) is 80.7 Å². The second kappa shape index (κ2) is 38.2. The Balaban J connectivity index is 1.84. The van der Waals surface area contributed by atoms with Crippen LogP contribution >= 0.6 is 0 Å². The lowest BCUT2D eigenvalue weighted by atomic mass is 9.98. The molecule has 0 aromatic rings. The molecule has 2 aliphatic rings. The van der Waals surface area contributed by atoms with Crippen molar-refractivity contribution in [2.45, 2.75) is 197 Å². The van der Waals surface area contributed by atoms with Crippen LogP contribution in [0.25, 0.3) is 0 Å². The first kappa shape index (κ1) is 58.3. The van der Waals surface area contributed by atoms with Gasteiger partial charge < -0.3 is 64.2 Å². The summed E-state index contributed by atoms with van der Waals surface area (Å²) in [6.45, 7) is 3.36. The number of hydrogen-bond acceptors (Lipinski definition) is 14. The lowest BCUT2D eigenvalue weighted by molar-refractivity contribution is -0.332. The molecule has 0 aliphatic carbocycles. The van der Waals surface area contributed by atoms with Crippen LogP contribution in [0.3, 0.4) is 0 Å². The SMILES string of the molecule is CC/C=C\C/C=C\C/C=C\C/C=C\C/C=C\CC(=O)OC(COCCCCCCCC/C=C\C/C=C\CCCCC)COC1OC(COC2OC(CO)C(O)C(O)C2O)C(O)C(O)C1O. The molecule has 65 heavy (non-hydrogen) atoms. The standard InChI is InChI=1S/C51H84O14/c1-3-5-7-9-11-13-15-17-19-21-23-25-27-29-31-33-35-60-37-40(63-43(53)34-32-30-28-26-24-22-20-18-16-14-12-10-8-6-4-2)38-61-50-49(59)47(57)45(55)42(65-50)39-62-51-48(58)46(56)44(54)41(36-52)64-51/h6,8,11-14,17-20,24,26,30,32,40-42,44-52,54-59H,3-5,7,9-10,15-16,21-23,25,27-29,31,33-39H2,1-2H3/b8-6-,13-11-,14-12-,19-17-,20-18-,26-24-,32-30-. The van der Waals surface area contributed by atoms with E-state index in [1.807, 2.05) is 12.2 Å². The van der Waals surface area contributed by atoms with E-state index >= 15 is 0 Å². The second-order valence-corrected chi connectivity index (χ2v) is 16.6. The molecule has 2 rings (SSSR count). The van der Waals surface area contributed by atoms with Gasteiger partial charge in [0.2, 0.25) is 0 Å². The Bertz CT molecular complexity index is 1390. The van der Waals surface area contributed by atoms with Crippen molar-refractivity contribution in [3.05, 3.63) is 85.1 Å². The van der Waals surface area contributed by atoms with Gasteiger partial charge in [0.1, 0.15) is 54.9 Å². The van der Waals surface area contributed by atoms with Crippen LogP contribution in [0.1, 0.15) is 129 Å². The van der Waals surface area contributed by atoms with Crippen molar-refractivity contribution in [1.29, 1.82) is 0 Å². The molecule has 0 spiro atoms. The average Bonchev–Trinajstić information content (AvgIpc) is 3.30. The highest BCUT2D eigenvalue weighted by Crippen LogP contribution is 2.26. The number of aliphatic hydroxyl groups is 7. The molecule has 11 atom stereocenters. The molecule has 0 radical (unpaired) electrons. The summed E-state index contributed by atoms with van der Waals surface area (Å²) >= 11 is 0. The van der Waals surface area contributed by atoms with Crippen molar-refractivity contribution in [1.82, 2.24) is 0 Å². The number of esters is 1. The fraction of sp³-hybridized carbons (Fsp3) is 0.706. The monoisotopic (exact) mass is 921 g/mol. The first-order valence-electron chi connectivity index (χ1n) is 24.2. The Hall–Kier alpha value is -2.83. The zero-order valence-corrected chi connectivity index (χ0v) is 39.2. The molecule has 0 bridgehead atoms. The summed E-state index contributed by atoms with van der Waals surface area (Å²) in [6.07, 6.45) is 31.0. The van der Waals surface area contributed by atoms with Crippen molar-refractivity contribution in [2.24, 2.45) is 0 Å². The molecule has 7 N–H and O–H groups in total. The van der Waals surface area contributed by atoms with Crippen molar-refractivity contribution >= 4 is 5.97 Å². The number of hydrogen-bond donors (Lipinski definition) is 7. The van der Waals surface area contributed by atoms with Gasteiger partial charge in [0, 0.05) is 6.61 Å². The molecule has 0 aromatic carbocycles. The fourth-order valence-corrected chi connectivity index (χ4v) is 6.98. The van der Waals surface area contributed by atoms with E-state index in [0.29, 0.717) is 13.0 Å². The Morgan fingerprint density at radius 1 is 0.523 bits per heavy atom. The molecule has 0 aromatic heterocycles. The van der Waals surface area contributed by atoms with Gasteiger partial charge >= 0.3 is 5.97 Å². The van der Waals surface area contributed by atoms with Crippen LogP contribution in [-0.2, 0) is 33.2 Å². The maximum absolute atomic E-state index is 12.9. The van der Waals surface area contributed by atoms with Crippen LogP contribution in [0.2, 0.25) is 0 Å². The van der Waals surface area contributed by atoms with Crippen molar-refractivity contribution in [2.75, 3.05) is 33.0 Å². The highest BCUT2D eigenvalue weighted by atomic mass is 16.7. The van der Waals surface area contributed by atoms with Gasteiger partial charge in [0.05, 0.1) is 32.8 Å². The van der Waals surface area contributed by atoms with E-state index in [1.165, 1.54) is 38.5 Å². The van der Waals surface area contributed by atoms with Gasteiger partial charge in [-0.15, -0.1) is 0 Å². The smallest absolute Gasteiger partial charge is 0.310 e. The zero-order valence-electron chi connectivity index (χ0n) is 39.2. The van der Waals surface area contributed by atoms with Crippen LogP contribution in [0.4, 0.5) is 0 Å². The lowest BCUT2D eigenvalue weighted by Crippen LogP contribution is -2.61. The highest BCUT2D eigenvalue weighted by molar-refractivity contribution is 5.71. The summed E-state index contributed by atoms with van der Waals surface area (Å²) < 4.78 is 34.0. The maximum Gasteiger partial charge on any atom is 0.310 e. The summed E-state index contributed by atoms with van der Waals surface area (Å²) in [5.74, 6) is -0.510. The molecule has 2 fully saturated rings. The molecule has 11 unspecified atom stereocenters. The minimum absolute atomic E-state index is 0.00924. The number of carbonyl (C=O) groups is 1. The first-order chi connectivity index (χ1) is 31.6. The molecule has 2 heterocycles. The van der Waals surface area contributed by atoms with Crippen LogP contribution in [0.15, 0.2) is 85.1 Å². The number of ether oxygens (including phenoxy) is 6. The second-order valence-electron chi connectivity index (χ2n) is 16.6. The Morgan fingerprint density at radius 3 is 1.57 bits per heavy atom. The topological polar surface area (TPSA) is 214 Å². The van der Waals surface area contributed by atoms with E-state index < -0.39 is 86.7 Å². The van der Waals surface area contributed by atoms with Gasteiger partial charge in [0.15, 0.2) is 12.6 Å². The van der Waals surface area contributed by atoms with Crippen LogP contribution < -0.4 is 0 Å². The number of allylic oxidation sites excluding steroid dienone is 13. The Labute approximate surface area is 389 Å². The molecule has 0 saturated carbocycles. The highest BCUT2D eigenvalue weighted by Gasteiger charge is 2.47. The molecule has 372 valence electrons. The van der Waals surface area contributed by atoms with Crippen LogP contribution in [0.5, 0.6) is 0 Å². The minimum atomic E-state index is -1.73. The van der Waals surface area contributed by atoms with Gasteiger partial charge in [0.25, 0.3) is 0 Å². The number of carbonyl (C=O) groups excluding carboxylic acids is 1. The quantitative estimate of drug-likeness (QED) is 0.0203. The Kier molecular flexibility index (Phi) is 34.2. The van der Waals surface area contributed by atoms with E-state index in [9.17, 15) is 40.5 Å². The maximum atomic E-state index is 12.9. The minimum Gasteiger partial charge on any atom is -0.457 e. The van der Waals surface area contributed by atoms with Crippen LogP contribution in [0, 0.1) is 0 Å². The lowest BCUT2D eigenvalue weighted by Gasteiger charge is -2.42. The van der Waals surface area contributed by atoms with E-state index in [0.717, 1.165) is 64.2 Å². The van der Waals surface area contributed by atoms with Gasteiger partial charge in [-0.3, -0.25) is 4.79 Å². The molecule has 2 saturated heterocycles.